The van der Waals surface area contributed by atoms with Gasteiger partial charge >= 0.3 is 0 Å². The van der Waals surface area contributed by atoms with Gasteiger partial charge < -0.3 is 15.5 Å². The van der Waals surface area contributed by atoms with Crippen LogP contribution in [0.25, 0.3) is 0 Å². The Labute approximate surface area is 159 Å². The van der Waals surface area contributed by atoms with Crippen LogP contribution in [0.4, 0.5) is 0 Å². The molecule has 1 aliphatic rings. The van der Waals surface area contributed by atoms with Gasteiger partial charge in [-0.1, -0.05) is 29.3 Å². The van der Waals surface area contributed by atoms with Crippen LogP contribution < -0.4 is 10.6 Å². The highest BCUT2D eigenvalue weighted by molar-refractivity contribution is 6.35. The van der Waals surface area contributed by atoms with Crippen molar-refractivity contribution in [3.63, 3.8) is 0 Å². The summed E-state index contributed by atoms with van der Waals surface area (Å²) in [6, 6.07) is 5.30. The summed E-state index contributed by atoms with van der Waals surface area (Å²) in [4.78, 5) is 26.8. The number of hydrogen-bond acceptors (Lipinski definition) is 3. The molecule has 5 nitrogen and oxygen atoms in total. The first-order valence-corrected chi connectivity index (χ1v) is 9.26. The minimum absolute atomic E-state index is 0.159. The molecule has 0 unspecified atom stereocenters. The van der Waals surface area contributed by atoms with E-state index in [1.807, 2.05) is 20.2 Å². The molecule has 7 heteroatoms. The molecular formula is C18H25Cl2N3O2. The van der Waals surface area contributed by atoms with E-state index < -0.39 is 5.41 Å². The van der Waals surface area contributed by atoms with E-state index in [1.165, 1.54) is 0 Å². The highest BCUT2D eigenvalue weighted by Crippen LogP contribution is 2.46. The van der Waals surface area contributed by atoms with Crippen LogP contribution in [0.1, 0.15) is 24.8 Å². The topological polar surface area (TPSA) is 61.4 Å². The fourth-order valence-corrected chi connectivity index (χ4v) is 3.16. The third kappa shape index (κ3) is 5.59. The predicted octanol–water partition coefficient (Wildman–Crippen LogP) is 2.50. The second kappa shape index (κ2) is 8.88. The zero-order valence-electron chi connectivity index (χ0n) is 14.7. The Kier molecular flexibility index (Phi) is 7.11. The van der Waals surface area contributed by atoms with Gasteiger partial charge in [-0.25, -0.2) is 0 Å². The summed E-state index contributed by atoms with van der Waals surface area (Å²) in [5, 5.41) is 6.92. The van der Waals surface area contributed by atoms with Gasteiger partial charge in [0, 0.05) is 23.1 Å². The molecule has 25 heavy (non-hydrogen) atoms. The normalized spacial score (nSPS) is 15.1. The van der Waals surface area contributed by atoms with Gasteiger partial charge in [0.15, 0.2) is 0 Å². The van der Waals surface area contributed by atoms with Crippen molar-refractivity contribution in [2.75, 3.05) is 33.7 Å². The van der Waals surface area contributed by atoms with E-state index in [0.717, 1.165) is 18.5 Å². The van der Waals surface area contributed by atoms with Gasteiger partial charge in [0.2, 0.25) is 11.8 Å². The van der Waals surface area contributed by atoms with E-state index in [9.17, 15) is 9.59 Å². The Hall–Kier alpha value is -1.30. The third-order valence-corrected chi connectivity index (χ3v) is 4.97. The highest BCUT2D eigenvalue weighted by Gasteiger charge is 2.56. The summed E-state index contributed by atoms with van der Waals surface area (Å²) in [6.07, 6.45) is 2.69. The number of benzene rings is 1. The Morgan fingerprint density at radius 1 is 1.12 bits per heavy atom. The van der Waals surface area contributed by atoms with Crippen molar-refractivity contribution < 1.29 is 9.59 Å². The van der Waals surface area contributed by atoms with Crippen LogP contribution in [0, 0.1) is 5.41 Å². The minimum Gasteiger partial charge on any atom is -0.355 e. The van der Waals surface area contributed by atoms with Crippen molar-refractivity contribution >= 4 is 35.0 Å². The van der Waals surface area contributed by atoms with Gasteiger partial charge in [-0.2, -0.15) is 0 Å². The van der Waals surface area contributed by atoms with Crippen LogP contribution in [-0.4, -0.2) is 50.4 Å². The average Bonchev–Trinajstić information content (AvgIpc) is 3.35. The van der Waals surface area contributed by atoms with Gasteiger partial charge in [-0.05, 0) is 64.0 Å². The molecule has 0 radical (unpaired) electrons. The molecule has 1 aromatic rings. The van der Waals surface area contributed by atoms with Crippen LogP contribution in [0.2, 0.25) is 10.0 Å². The molecule has 1 saturated carbocycles. The number of carbonyl (C=O) groups excluding carboxylic acids is 2. The molecule has 138 valence electrons. The summed E-state index contributed by atoms with van der Waals surface area (Å²) in [7, 11) is 3.98. The van der Waals surface area contributed by atoms with E-state index in [0.29, 0.717) is 42.4 Å². The summed E-state index contributed by atoms with van der Waals surface area (Å²) < 4.78 is 0. The number of nitrogens with one attached hydrogen (secondary N) is 2. The van der Waals surface area contributed by atoms with E-state index in [2.05, 4.69) is 15.5 Å². The maximum atomic E-state index is 12.4. The summed E-state index contributed by atoms with van der Waals surface area (Å²) in [6.45, 7) is 1.93. The van der Waals surface area contributed by atoms with E-state index >= 15 is 0 Å². The van der Waals surface area contributed by atoms with Crippen LogP contribution in [0.5, 0.6) is 0 Å². The van der Waals surface area contributed by atoms with E-state index in [4.69, 9.17) is 23.2 Å². The highest BCUT2D eigenvalue weighted by atomic mass is 35.5. The van der Waals surface area contributed by atoms with Crippen LogP contribution >= 0.6 is 23.2 Å². The lowest BCUT2D eigenvalue weighted by molar-refractivity contribution is -0.137. The van der Waals surface area contributed by atoms with E-state index in [-0.39, 0.29) is 11.8 Å². The maximum absolute atomic E-state index is 12.4. The molecule has 2 rings (SSSR count). The third-order valence-electron chi connectivity index (χ3n) is 4.38. The van der Waals surface area contributed by atoms with Crippen molar-refractivity contribution in [1.82, 2.24) is 15.5 Å². The standard InChI is InChI=1S/C18H25Cl2N3O2/c1-23(2)11-3-9-21-16(24)18(7-8-18)17(25)22-10-6-13-4-5-14(19)12-15(13)20/h4-5,12H,3,6-11H2,1-2H3,(H,21,24)(H,22,25). The number of nitrogens with zero attached hydrogens (tertiary/aromatic N) is 1. The first-order valence-electron chi connectivity index (χ1n) is 8.50. The zero-order chi connectivity index (χ0) is 18.4. The smallest absolute Gasteiger partial charge is 0.235 e. The molecular weight excluding hydrogens is 361 g/mol. The minimum atomic E-state index is -0.873. The monoisotopic (exact) mass is 385 g/mol. The predicted molar refractivity (Wildman–Crippen MR) is 101 cm³/mol. The van der Waals surface area contributed by atoms with Crippen molar-refractivity contribution in [3.05, 3.63) is 33.8 Å². The Bertz CT molecular complexity index is 631. The van der Waals surface area contributed by atoms with E-state index in [1.54, 1.807) is 12.1 Å². The van der Waals surface area contributed by atoms with Crippen LogP contribution in [-0.2, 0) is 16.0 Å². The molecule has 2 N–H and O–H groups in total. The molecule has 0 spiro atoms. The largest absolute Gasteiger partial charge is 0.355 e. The van der Waals surface area contributed by atoms with Crippen molar-refractivity contribution in [2.45, 2.75) is 25.7 Å². The van der Waals surface area contributed by atoms with Gasteiger partial charge in [0.1, 0.15) is 5.41 Å². The number of carbonyl (C=O) groups is 2. The van der Waals surface area contributed by atoms with Crippen molar-refractivity contribution in [2.24, 2.45) is 5.41 Å². The summed E-state index contributed by atoms with van der Waals surface area (Å²) in [5.74, 6) is -0.351. The maximum Gasteiger partial charge on any atom is 0.235 e. The van der Waals surface area contributed by atoms with Crippen LogP contribution in [0.15, 0.2) is 18.2 Å². The van der Waals surface area contributed by atoms with Crippen molar-refractivity contribution in [1.29, 1.82) is 0 Å². The van der Waals surface area contributed by atoms with Gasteiger partial charge in [-0.3, -0.25) is 9.59 Å². The first-order chi connectivity index (χ1) is 11.8. The SMILES string of the molecule is CN(C)CCCNC(=O)C1(C(=O)NCCc2ccc(Cl)cc2Cl)CC1. The lowest BCUT2D eigenvalue weighted by Gasteiger charge is -2.16. The fraction of sp³-hybridized carbons (Fsp3) is 0.556. The summed E-state index contributed by atoms with van der Waals surface area (Å²) >= 11 is 12.0. The molecule has 0 aliphatic heterocycles. The van der Waals surface area contributed by atoms with Gasteiger partial charge in [0.25, 0.3) is 0 Å². The molecule has 0 saturated heterocycles. The molecule has 1 aromatic carbocycles. The molecule has 0 atom stereocenters. The lowest BCUT2D eigenvalue weighted by Crippen LogP contribution is -2.44. The average molecular weight is 386 g/mol. The first kappa shape index (κ1) is 20.0. The number of amides is 2. The second-order valence-corrected chi connectivity index (χ2v) is 7.58. The van der Waals surface area contributed by atoms with Crippen LogP contribution in [0.3, 0.4) is 0 Å². The molecule has 0 heterocycles. The summed E-state index contributed by atoms with van der Waals surface area (Å²) in [5.41, 5.74) is 0.0476. The number of rotatable bonds is 9. The zero-order valence-corrected chi connectivity index (χ0v) is 16.2. The Balaban J connectivity index is 1.76. The molecule has 0 aromatic heterocycles. The molecule has 1 aliphatic carbocycles. The van der Waals surface area contributed by atoms with Gasteiger partial charge in [0.05, 0.1) is 0 Å². The second-order valence-electron chi connectivity index (χ2n) is 6.74. The van der Waals surface area contributed by atoms with Gasteiger partial charge in [-0.15, -0.1) is 0 Å². The van der Waals surface area contributed by atoms with Crippen molar-refractivity contribution in [3.8, 4) is 0 Å². The fourth-order valence-electron chi connectivity index (χ4n) is 2.65. The number of hydrogen-bond donors (Lipinski definition) is 2. The molecule has 0 bridgehead atoms. The Morgan fingerprint density at radius 2 is 1.76 bits per heavy atom. The molecule has 2 amide bonds. The Morgan fingerprint density at radius 3 is 2.32 bits per heavy atom. The lowest BCUT2D eigenvalue weighted by atomic mass is 10.0. The quantitative estimate of drug-likeness (QED) is 0.507. The molecule has 1 fully saturated rings. The number of halogens is 2.